The molecule has 0 unspecified atom stereocenters. The van der Waals surface area contributed by atoms with E-state index in [4.69, 9.17) is 4.74 Å². The third kappa shape index (κ3) is 3.38. The van der Waals surface area contributed by atoms with Gasteiger partial charge in [-0.05, 0) is 11.6 Å². The summed E-state index contributed by atoms with van der Waals surface area (Å²) in [7, 11) is 1.13. The molecule has 2 rings (SSSR count). The molecular formula is C15H12FNO5. The molecule has 0 aliphatic heterocycles. The molecule has 22 heavy (non-hydrogen) atoms. The number of carbonyl (C=O) groups excluding carboxylic acids is 1. The van der Waals surface area contributed by atoms with E-state index < -0.39 is 22.4 Å². The van der Waals surface area contributed by atoms with Gasteiger partial charge in [-0.3, -0.25) is 10.1 Å². The predicted molar refractivity (Wildman–Crippen MR) is 75.2 cm³/mol. The molecule has 0 amide bonds. The van der Waals surface area contributed by atoms with Crippen LogP contribution in [0.3, 0.4) is 0 Å². The highest BCUT2D eigenvalue weighted by molar-refractivity contribution is 5.90. The molecule has 0 saturated carbocycles. The fourth-order valence-electron chi connectivity index (χ4n) is 1.83. The Kier molecular flexibility index (Phi) is 4.67. The number of esters is 1. The van der Waals surface area contributed by atoms with E-state index in [-0.39, 0.29) is 17.9 Å². The van der Waals surface area contributed by atoms with Crippen LogP contribution in [0.2, 0.25) is 0 Å². The van der Waals surface area contributed by atoms with Gasteiger partial charge in [-0.1, -0.05) is 30.3 Å². The van der Waals surface area contributed by atoms with E-state index in [1.54, 1.807) is 24.3 Å². The van der Waals surface area contributed by atoms with Crippen LogP contribution in [-0.2, 0) is 11.3 Å². The second kappa shape index (κ2) is 6.66. The van der Waals surface area contributed by atoms with Gasteiger partial charge in [0.25, 0.3) is 0 Å². The zero-order chi connectivity index (χ0) is 16.1. The van der Waals surface area contributed by atoms with E-state index in [9.17, 15) is 19.3 Å². The molecule has 0 atom stereocenters. The summed E-state index contributed by atoms with van der Waals surface area (Å²) in [4.78, 5) is 21.5. The maximum Gasteiger partial charge on any atom is 0.346 e. The van der Waals surface area contributed by atoms with Crippen molar-refractivity contribution in [1.82, 2.24) is 0 Å². The van der Waals surface area contributed by atoms with Crippen LogP contribution in [0.5, 0.6) is 5.75 Å². The van der Waals surface area contributed by atoms with Crippen LogP contribution in [-0.4, -0.2) is 18.0 Å². The Morgan fingerprint density at radius 1 is 1.27 bits per heavy atom. The number of hydrogen-bond donors (Lipinski definition) is 0. The van der Waals surface area contributed by atoms with Crippen molar-refractivity contribution in [2.45, 2.75) is 6.61 Å². The first-order chi connectivity index (χ1) is 10.5. The van der Waals surface area contributed by atoms with E-state index in [2.05, 4.69) is 4.74 Å². The highest BCUT2D eigenvalue weighted by Gasteiger charge is 2.25. The highest BCUT2D eigenvalue weighted by atomic mass is 19.1. The minimum Gasteiger partial charge on any atom is -0.482 e. The Bertz CT molecular complexity index is 703. The number of halogens is 1. The Hall–Kier alpha value is -2.96. The van der Waals surface area contributed by atoms with Gasteiger partial charge in [0.2, 0.25) is 11.6 Å². The number of carbonyl (C=O) groups is 1. The predicted octanol–water partition coefficient (Wildman–Crippen LogP) is 3.10. The molecule has 0 aliphatic carbocycles. The van der Waals surface area contributed by atoms with Gasteiger partial charge in [0.05, 0.1) is 17.6 Å². The van der Waals surface area contributed by atoms with Crippen LogP contribution in [0.25, 0.3) is 0 Å². The van der Waals surface area contributed by atoms with E-state index in [0.717, 1.165) is 24.8 Å². The standard InChI is InChI=1S/C15H12FNO5/c1-21-15(18)11-7-12(16)14(17(19)20)13(8-11)22-9-10-5-3-2-4-6-10/h2-8H,9H2,1H3. The van der Waals surface area contributed by atoms with Gasteiger partial charge in [-0.2, -0.15) is 4.39 Å². The lowest BCUT2D eigenvalue weighted by molar-refractivity contribution is -0.388. The van der Waals surface area contributed by atoms with Crippen LogP contribution in [0, 0.1) is 15.9 Å². The molecule has 7 heteroatoms. The highest BCUT2D eigenvalue weighted by Crippen LogP contribution is 2.32. The minimum atomic E-state index is -1.16. The molecule has 0 aromatic heterocycles. The van der Waals surface area contributed by atoms with Gasteiger partial charge in [-0.15, -0.1) is 0 Å². The lowest BCUT2D eigenvalue weighted by Crippen LogP contribution is -2.06. The van der Waals surface area contributed by atoms with Crippen molar-refractivity contribution >= 4 is 11.7 Å². The summed E-state index contributed by atoms with van der Waals surface area (Å²) in [5.41, 5.74) is -0.224. The smallest absolute Gasteiger partial charge is 0.346 e. The molecule has 0 radical (unpaired) electrons. The number of nitro benzene ring substituents is 1. The summed E-state index contributed by atoms with van der Waals surface area (Å²) in [6.07, 6.45) is 0. The Morgan fingerprint density at radius 3 is 2.55 bits per heavy atom. The third-order valence-electron chi connectivity index (χ3n) is 2.87. The molecule has 0 saturated heterocycles. The molecule has 6 nitrogen and oxygen atoms in total. The van der Waals surface area contributed by atoms with Crippen molar-refractivity contribution in [3.8, 4) is 5.75 Å². The van der Waals surface area contributed by atoms with Crippen LogP contribution in [0.1, 0.15) is 15.9 Å². The molecule has 0 spiro atoms. The number of nitrogens with zero attached hydrogens (tertiary/aromatic N) is 1. The van der Waals surface area contributed by atoms with Crippen LogP contribution < -0.4 is 4.74 Å². The van der Waals surface area contributed by atoms with Crippen molar-refractivity contribution in [3.05, 3.63) is 69.5 Å². The third-order valence-corrected chi connectivity index (χ3v) is 2.87. The Morgan fingerprint density at radius 2 is 1.95 bits per heavy atom. The molecule has 0 heterocycles. The maximum atomic E-state index is 13.9. The first-order valence-electron chi connectivity index (χ1n) is 6.26. The van der Waals surface area contributed by atoms with Crippen molar-refractivity contribution in [3.63, 3.8) is 0 Å². The summed E-state index contributed by atoms with van der Waals surface area (Å²) in [5, 5.41) is 11.0. The summed E-state index contributed by atoms with van der Waals surface area (Å²) < 4.78 is 23.6. The van der Waals surface area contributed by atoms with Crippen LogP contribution >= 0.6 is 0 Å². The van der Waals surface area contributed by atoms with Gasteiger partial charge in [0.1, 0.15) is 6.61 Å². The second-order valence-corrected chi connectivity index (χ2v) is 4.33. The van der Waals surface area contributed by atoms with E-state index >= 15 is 0 Å². The molecule has 0 bridgehead atoms. The number of rotatable bonds is 5. The number of nitro groups is 1. The molecule has 0 fully saturated rings. The zero-order valence-corrected chi connectivity index (χ0v) is 11.6. The number of hydrogen-bond acceptors (Lipinski definition) is 5. The first kappa shape index (κ1) is 15.4. The van der Waals surface area contributed by atoms with Gasteiger partial charge in [-0.25, -0.2) is 4.79 Å². The fourth-order valence-corrected chi connectivity index (χ4v) is 1.83. The van der Waals surface area contributed by atoms with E-state index in [1.165, 1.54) is 0 Å². The molecule has 2 aromatic carbocycles. The summed E-state index contributed by atoms with van der Waals surface area (Å²) in [5.74, 6) is -2.29. The van der Waals surface area contributed by atoms with Gasteiger partial charge in [0.15, 0.2) is 0 Å². The van der Waals surface area contributed by atoms with Crippen molar-refractivity contribution in [2.24, 2.45) is 0 Å². The maximum absolute atomic E-state index is 13.9. The van der Waals surface area contributed by atoms with Crippen molar-refractivity contribution in [1.29, 1.82) is 0 Å². The normalized spacial score (nSPS) is 10.1. The van der Waals surface area contributed by atoms with Crippen LogP contribution in [0.15, 0.2) is 42.5 Å². The number of methoxy groups -OCH3 is 1. The second-order valence-electron chi connectivity index (χ2n) is 4.33. The summed E-state index contributed by atoms with van der Waals surface area (Å²) >= 11 is 0. The number of ether oxygens (including phenoxy) is 2. The SMILES string of the molecule is COC(=O)c1cc(F)c([N+](=O)[O-])c(OCc2ccccc2)c1. The van der Waals surface area contributed by atoms with Crippen molar-refractivity contribution < 1.29 is 23.6 Å². The topological polar surface area (TPSA) is 78.7 Å². The zero-order valence-electron chi connectivity index (χ0n) is 11.6. The quantitative estimate of drug-likeness (QED) is 0.482. The van der Waals surface area contributed by atoms with Gasteiger partial charge >= 0.3 is 11.7 Å². The monoisotopic (exact) mass is 305 g/mol. The fraction of sp³-hybridized carbons (Fsp3) is 0.133. The molecule has 0 aliphatic rings. The molecule has 114 valence electrons. The summed E-state index contributed by atoms with van der Waals surface area (Å²) in [6, 6.07) is 10.7. The number of benzene rings is 2. The molecule has 2 aromatic rings. The Balaban J connectivity index is 2.36. The molecule has 0 N–H and O–H groups in total. The average molecular weight is 305 g/mol. The molecular weight excluding hydrogens is 293 g/mol. The largest absolute Gasteiger partial charge is 0.482 e. The van der Waals surface area contributed by atoms with Crippen molar-refractivity contribution in [2.75, 3.05) is 7.11 Å². The average Bonchev–Trinajstić information content (AvgIpc) is 2.52. The van der Waals surface area contributed by atoms with E-state index in [1.807, 2.05) is 6.07 Å². The lowest BCUT2D eigenvalue weighted by Gasteiger charge is -2.09. The van der Waals surface area contributed by atoms with Gasteiger partial charge < -0.3 is 9.47 Å². The van der Waals surface area contributed by atoms with E-state index in [0.29, 0.717) is 0 Å². The first-order valence-corrected chi connectivity index (χ1v) is 6.26. The summed E-state index contributed by atoms with van der Waals surface area (Å²) in [6.45, 7) is 0.00570. The Labute approximate surface area is 125 Å². The van der Waals surface area contributed by atoms with Crippen LogP contribution in [0.4, 0.5) is 10.1 Å². The minimum absolute atomic E-state index is 0.00570. The lowest BCUT2D eigenvalue weighted by atomic mass is 10.1. The van der Waals surface area contributed by atoms with Gasteiger partial charge in [0, 0.05) is 6.07 Å².